The lowest BCUT2D eigenvalue weighted by atomic mass is 10.2. The number of carbonyl (C=O) groups excluding carboxylic acids is 1. The van der Waals surface area contributed by atoms with Gasteiger partial charge in [-0.1, -0.05) is 6.07 Å². The van der Waals surface area contributed by atoms with Gasteiger partial charge in [0.15, 0.2) is 0 Å². The van der Waals surface area contributed by atoms with Gasteiger partial charge in [0.2, 0.25) is 5.91 Å². The summed E-state index contributed by atoms with van der Waals surface area (Å²) >= 11 is 0. The topological polar surface area (TPSA) is 57.6 Å². The molecular weight excluding hydrogens is 232 g/mol. The van der Waals surface area contributed by atoms with Crippen molar-refractivity contribution < 1.29 is 23.5 Å². The molecule has 0 atom stereocenters. The summed E-state index contributed by atoms with van der Waals surface area (Å²) in [4.78, 5) is 22.4. The zero-order valence-electron chi connectivity index (χ0n) is 9.11. The fourth-order valence-electron chi connectivity index (χ4n) is 1.38. The molecule has 1 amide bonds. The van der Waals surface area contributed by atoms with Crippen LogP contribution in [0.4, 0.5) is 14.5 Å². The fourth-order valence-corrected chi connectivity index (χ4v) is 1.38. The number of para-hydroxylation sites is 1. The third-order valence-corrected chi connectivity index (χ3v) is 2.14. The Morgan fingerprint density at radius 1 is 1.29 bits per heavy atom. The molecular formula is C11H11F2NO3. The van der Waals surface area contributed by atoms with E-state index in [1.807, 2.05) is 0 Å². The summed E-state index contributed by atoms with van der Waals surface area (Å²) < 4.78 is 26.8. The van der Waals surface area contributed by atoms with Crippen molar-refractivity contribution in [3.8, 4) is 0 Å². The van der Waals surface area contributed by atoms with Gasteiger partial charge in [0.1, 0.15) is 17.3 Å². The zero-order valence-corrected chi connectivity index (χ0v) is 9.11. The maximum absolute atomic E-state index is 13.4. The highest BCUT2D eigenvalue weighted by Crippen LogP contribution is 2.23. The first-order valence-electron chi connectivity index (χ1n) is 4.87. The molecule has 1 N–H and O–H groups in total. The van der Waals surface area contributed by atoms with Gasteiger partial charge in [0.25, 0.3) is 0 Å². The summed E-state index contributed by atoms with van der Waals surface area (Å²) in [5.74, 6) is -3.56. The van der Waals surface area contributed by atoms with Crippen LogP contribution in [0.3, 0.4) is 0 Å². The number of halogens is 2. The number of aliphatic carboxylic acids is 1. The molecule has 0 bridgehead atoms. The lowest BCUT2D eigenvalue weighted by Gasteiger charge is -2.21. The molecule has 0 fully saturated rings. The van der Waals surface area contributed by atoms with E-state index >= 15 is 0 Å². The molecule has 0 heterocycles. The molecule has 1 rings (SSSR count). The van der Waals surface area contributed by atoms with Crippen LogP contribution < -0.4 is 4.90 Å². The number of amides is 1. The summed E-state index contributed by atoms with van der Waals surface area (Å²) in [6.45, 7) is 0.844. The van der Waals surface area contributed by atoms with Crippen molar-refractivity contribution in [1.82, 2.24) is 0 Å². The predicted molar refractivity (Wildman–Crippen MR) is 56.6 cm³/mol. The van der Waals surface area contributed by atoms with Gasteiger partial charge in [-0.2, -0.15) is 0 Å². The minimum atomic E-state index is -1.15. The third-order valence-electron chi connectivity index (χ3n) is 2.14. The number of carbonyl (C=O) groups is 2. The molecule has 0 unspecified atom stereocenters. The van der Waals surface area contributed by atoms with Crippen LogP contribution >= 0.6 is 0 Å². The number of rotatable bonds is 4. The van der Waals surface area contributed by atoms with E-state index in [0.717, 1.165) is 24.0 Å². The molecule has 0 saturated heterocycles. The number of anilines is 1. The van der Waals surface area contributed by atoms with Crippen molar-refractivity contribution in [3.63, 3.8) is 0 Å². The normalized spacial score (nSPS) is 10.1. The number of hydrogen-bond acceptors (Lipinski definition) is 2. The molecule has 1 aromatic rings. The molecule has 0 aromatic heterocycles. The lowest BCUT2D eigenvalue weighted by Crippen LogP contribution is -2.32. The van der Waals surface area contributed by atoms with Crippen LogP contribution in [0.1, 0.15) is 13.3 Å². The van der Waals surface area contributed by atoms with Crippen LogP contribution in [0.15, 0.2) is 18.2 Å². The number of hydrogen-bond donors (Lipinski definition) is 1. The second-order valence-electron chi connectivity index (χ2n) is 3.38. The Bertz CT molecular complexity index is 428. The summed E-state index contributed by atoms with van der Waals surface area (Å²) in [5, 5.41) is 8.50. The molecule has 0 aliphatic rings. The van der Waals surface area contributed by atoms with E-state index in [9.17, 15) is 18.4 Å². The van der Waals surface area contributed by atoms with Crippen LogP contribution in [0.25, 0.3) is 0 Å². The maximum atomic E-state index is 13.4. The second-order valence-corrected chi connectivity index (χ2v) is 3.38. The van der Waals surface area contributed by atoms with Gasteiger partial charge in [-0.25, -0.2) is 8.78 Å². The van der Waals surface area contributed by atoms with Gasteiger partial charge in [-0.3, -0.25) is 9.59 Å². The highest BCUT2D eigenvalue weighted by molar-refractivity contribution is 5.92. The van der Waals surface area contributed by atoms with Crippen molar-refractivity contribution in [2.24, 2.45) is 0 Å². The highest BCUT2D eigenvalue weighted by Gasteiger charge is 2.20. The zero-order chi connectivity index (χ0) is 13.0. The Kier molecular flexibility index (Phi) is 4.14. The molecule has 0 spiro atoms. The van der Waals surface area contributed by atoms with Crippen LogP contribution in [-0.4, -0.2) is 23.5 Å². The Morgan fingerprint density at radius 3 is 2.24 bits per heavy atom. The highest BCUT2D eigenvalue weighted by atomic mass is 19.1. The first kappa shape index (κ1) is 13.1. The number of carboxylic acid groups (broad SMARTS) is 1. The SMILES string of the molecule is CC(=O)N(CCC(=O)O)c1c(F)cccc1F. The van der Waals surface area contributed by atoms with Crippen molar-refractivity contribution in [2.45, 2.75) is 13.3 Å². The molecule has 6 heteroatoms. The lowest BCUT2D eigenvalue weighted by molar-refractivity contribution is -0.136. The van der Waals surface area contributed by atoms with Gasteiger partial charge in [0, 0.05) is 13.5 Å². The molecule has 92 valence electrons. The van der Waals surface area contributed by atoms with Crippen LogP contribution in [0, 0.1) is 11.6 Å². The quantitative estimate of drug-likeness (QED) is 0.877. The van der Waals surface area contributed by atoms with Crippen LogP contribution in [-0.2, 0) is 9.59 Å². The molecule has 0 radical (unpaired) electrons. The standard InChI is InChI=1S/C11H11F2NO3/c1-7(15)14(6-5-10(16)17)11-8(12)3-2-4-9(11)13/h2-4H,5-6H2,1H3,(H,16,17). The summed E-state index contributed by atoms with van der Waals surface area (Å²) in [5.41, 5.74) is -0.513. The number of benzene rings is 1. The molecule has 1 aromatic carbocycles. The third kappa shape index (κ3) is 3.24. The van der Waals surface area contributed by atoms with Crippen LogP contribution in [0.5, 0.6) is 0 Å². The monoisotopic (exact) mass is 243 g/mol. The number of nitrogens with zero attached hydrogens (tertiary/aromatic N) is 1. The molecule has 0 saturated carbocycles. The van der Waals surface area contributed by atoms with E-state index < -0.39 is 29.2 Å². The average molecular weight is 243 g/mol. The Balaban J connectivity index is 3.05. The Labute approximate surface area is 96.5 Å². The second kappa shape index (κ2) is 5.38. The maximum Gasteiger partial charge on any atom is 0.305 e. The van der Waals surface area contributed by atoms with E-state index in [-0.39, 0.29) is 13.0 Å². The largest absolute Gasteiger partial charge is 0.481 e. The predicted octanol–water partition coefficient (Wildman–Crippen LogP) is 1.79. The summed E-state index contributed by atoms with van der Waals surface area (Å²) in [6.07, 6.45) is -0.382. The van der Waals surface area contributed by atoms with Gasteiger partial charge in [-0.15, -0.1) is 0 Å². The van der Waals surface area contributed by atoms with Gasteiger partial charge >= 0.3 is 5.97 Å². The number of carboxylic acids is 1. The van der Waals surface area contributed by atoms with Gasteiger partial charge in [-0.05, 0) is 12.1 Å². The smallest absolute Gasteiger partial charge is 0.305 e. The van der Waals surface area contributed by atoms with E-state index in [1.54, 1.807) is 0 Å². The minimum Gasteiger partial charge on any atom is -0.481 e. The fraction of sp³-hybridized carbons (Fsp3) is 0.273. The van der Waals surface area contributed by atoms with E-state index in [1.165, 1.54) is 6.07 Å². The molecule has 17 heavy (non-hydrogen) atoms. The average Bonchev–Trinajstić information content (AvgIpc) is 2.21. The van der Waals surface area contributed by atoms with E-state index in [0.29, 0.717) is 0 Å². The first-order chi connectivity index (χ1) is 7.93. The van der Waals surface area contributed by atoms with Gasteiger partial charge < -0.3 is 10.0 Å². The first-order valence-corrected chi connectivity index (χ1v) is 4.87. The van der Waals surface area contributed by atoms with E-state index in [2.05, 4.69) is 0 Å². The van der Waals surface area contributed by atoms with Crippen molar-refractivity contribution in [1.29, 1.82) is 0 Å². The minimum absolute atomic E-state index is 0.275. The van der Waals surface area contributed by atoms with Gasteiger partial charge in [0.05, 0.1) is 6.42 Å². The van der Waals surface area contributed by atoms with Crippen molar-refractivity contribution in [2.75, 3.05) is 11.4 Å². The molecule has 0 aliphatic heterocycles. The van der Waals surface area contributed by atoms with Crippen LogP contribution in [0.2, 0.25) is 0 Å². The molecule has 0 aliphatic carbocycles. The summed E-state index contributed by atoms with van der Waals surface area (Å²) in [6, 6.07) is 3.19. The Hall–Kier alpha value is -1.98. The van der Waals surface area contributed by atoms with Crippen molar-refractivity contribution >= 4 is 17.6 Å². The van der Waals surface area contributed by atoms with E-state index in [4.69, 9.17) is 5.11 Å². The Morgan fingerprint density at radius 2 is 1.82 bits per heavy atom. The van der Waals surface area contributed by atoms with Crippen molar-refractivity contribution in [3.05, 3.63) is 29.8 Å². The summed E-state index contributed by atoms with van der Waals surface area (Å²) in [7, 11) is 0. The molecule has 4 nitrogen and oxygen atoms in total.